The molecule has 0 aliphatic heterocycles. The van der Waals surface area contributed by atoms with Gasteiger partial charge in [0, 0.05) is 12.1 Å². The molecule has 1 N–H and O–H groups in total. The largest absolute Gasteiger partial charge is 0.361 e. The van der Waals surface area contributed by atoms with E-state index in [1.54, 1.807) is 27.7 Å². The molecule has 86 valence electrons. The second-order valence-corrected chi connectivity index (χ2v) is 6.04. The lowest BCUT2D eigenvalue weighted by Gasteiger charge is -2.08. The quantitative estimate of drug-likeness (QED) is 0.844. The summed E-state index contributed by atoms with van der Waals surface area (Å²) in [6, 6.07) is 0. The Balaban J connectivity index is 2.74. The van der Waals surface area contributed by atoms with Gasteiger partial charge in [-0.1, -0.05) is 5.16 Å². The first-order valence-electron chi connectivity index (χ1n) is 4.75. The second-order valence-electron chi connectivity index (χ2n) is 3.72. The van der Waals surface area contributed by atoms with Crippen molar-refractivity contribution in [1.29, 1.82) is 0 Å². The summed E-state index contributed by atoms with van der Waals surface area (Å²) in [4.78, 5) is 0. The van der Waals surface area contributed by atoms with Gasteiger partial charge in [0.15, 0.2) is 0 Å². The molecule has 0 aromatic carbocycles. The molecular formula is C9H16N2O3S. The molecule has 0 unspecified atom stereocenters. The van der Waals surface area contributed by atoms with Gasteiger partial charge in [-0.15, -0.1) is 0 Å². The lowest BCUT2D eigenvalue weighted by Crippen LogP contribution is -2.30. The van der Waals surface area contributed by atoms with Crippen molar-refractivity contribution in [2.45, 2.75) is 39.5 Å². The molecule has 1 aromatic rings. The summed E-state index contributed by atoms with van der Waals surface area (Å²) in [6.07, 6.45) is 0. The maximum Gasteiger partial charge on any atom is 0.214 e. The lowest BCUT2D eigenvalue weighted by atomic mass is 10.2. The van der Waals surface area contributed by atoms with E-state index in [4.69, 9.17) is 4.52 Å². The van der Waals surface area contributed by atoms with Gasteiger partial charge in [-0.2, -0.15) is 0 Å². The van der Waals surface area contributed by atoms with Gasteiger partial charge in [0.1, 0.15) is 5.76 Å². The zero-order valence-electron chi connectivity index (χ0n) is 9.36. The van der Waals surface area contributed by atoms with Gasteiger partial charge in [-0.05, 0) is 27.7 Å². The molecule has 0 aliphatic rings. The third kappa shape index (κ3) is 2.79. The normalized spacial score (nSPS) is 12.3. The van der Waals surface area contributed by atoms with Gasteiger partial charge in [0.2, 0.25) is 10.0 Å². The van der Waals surface area contributed by atoms with E-state index in [0.29, 0.717) is 5.76 Å². The van der Waals surface area contributed by atoms with Crippen molar-refractivity contribution in [2.75, 3.05) is 0 Å². The van der Waals surface area contributed by atoms with E-state index in [1.165, 1.54) is 0 Å². The summed E-state index contributed by atoms with van der Waals surface area (Å²) < 4.78 is 30.4. The zero-order chi connectivity index (χ0) is 11.6. The van der Waals surface area contributed by atoms with Gasteiger partial charge in [0.05, 0.1) is 10.9 Å². The van der Waals surface area contributed by atoms with E-state index in [1.807, 2.05) is 0 Å². The molecular weight excluding hydrogens is 216 g/mol. The van der Waals surface area contributed by atoms with Crippen LogP contribution in [0.4, 0.5) is 0 Å². The third-order valence-electron chi connectivity index (χ3n) is 2.25. The Morgan fingerprint density at radius 3 is 2.40 bits per heavy atom. The Morgan fingerprint density at radius 1 is 1.40 bits per heavy atom. The summed E-state index contributed by atoms with van der Waals surface area (Å²) in [5, 5.41) is 3.32. The molecule has 6 heteroatoms. The van der Waals surface area contributed by atoms with E-state index < -0.39 is 15.3 Å². The Labute approximate surface area is 89.9 Å². The number of hydrogen-bond donors (Lipinski definition) is 1. The van der Waals surface area contributed by atoms with Crippen LogP contribution in [0.5, 0.6) is 0 Å². The topological polar surface area (TPSA) is 72.2 Å². The summed E-state index contributed by atoms with van der Waals surface area (Å²) >= 11 is 0. The zero-order valence-corrected chi connectivity index (χ0v) is 10.2. The van der Waals surface area contributed by atoms with Gasteiger partial charge >= 0.3 is 0 Å². The summed E-state index contributed by atoms with van der Waals surface area (Å²) in [7, 11) is -3.23. The SMILES string of the molecule is Cc1noc(C)c1CNS(=O)(=O)C(C)C. The van der Waals surface area contributed by atoms with Crippen molar-refractivity contribution >= 4 is 10.0 Å². The number of nitrogens with zero attached hydrogens (tertiary/aromatic N) is 1. The van der Waals surface area contributed by atoms with Crippen molar-refractivity contribution in [2.24, 2.45) is 0 Å². The average Bonchev–Trinajstić information content (AvgIpc) is 2.43. The monoisotopic (exact) mass is 232 g/mol. The molecule has 1 heterocycles. The number of aryl methyl sites for hydroxylation is 2. The molecule has 0 radical (unpaired) electrons. The fourth-order valence-electron chi connectivity index (χ4n) is 1.09. The summed E-state index contributed by atoms with van der Waals surface area (Å²) in [5.41, 5.74) is 1.53. The second kappa shape index (κ2) is 4.32. The number of nitrogens with one attached hydrogen (secondary N) is 1. The van der Waals surface area contributed by atoms with Crippen molar-refractivity contribution < 1.29 is 12.9 Å². The highest BCUT2D eigenvalue weighted by Gasteiger charge is 2.17. The van der Waals surface area contributed by atoms with E-state index in [2.05, 4.69) is 9.88 Å². The first-order chi connectivity index (χ1) is 6.84. The van der Waals surface area contributed by atoms with Crippen LogP contribution in [-0.2, 0) is 16.6 Å². The predicted molar refractivity (Wildman–Crippen MR) is 56.9 cm³/mol. The third-order valence-corrected chi connectivity index (χ3v) is 4.04. The molecule has 0 saturated carbocycles. The average molecular weight is 232 g/mol. The number of hydrogen-bond acceptors (Lipinski definition) is 4. The fourth-order valence-corrected chi connectivity index (χ4v) is 1.77. The molecule has 0 spiro atoms. The highest BCUT2D eigenvalue weighted by Crippen LogP contribution is 2.12. The van der Waals surface area contributed by atoms with Crippen molar-refractivity contribution in [1.82, 2.24) is 9.88 Å². The van der Waals surface area contributed by atoms with Crippen LogP contribution >= 0.6 is 0 Å². The molecule has 0 saturated heterocycles. The first-order valence-corrected chi connectivity index (χ1v) is 6.29. The van der Waals surface area contributed by atoms with Gasteiger partial charge in [-0.3, -0.25) is 0 Å². The lowest BCUT2D eigenvalue weighted by molar-refractivity contribution is 0.392. The van der Waals surface area contributed by atoms with Crippen LogP contribution in [0.2, 0.25) is 0 Å². The molecule has 1 rings (SSSR count). The smallest absolute Gasteiger partial charge is 0.214 e. The number of sulfonamides is 1. The Bertz CT molecular complexity index is 415. The van der Waals surface area contributed by atoms with Crippen molar-refractivity contribution in [3.63, 3.8) is 0 Å². The van der Waals surface area contributed by atoms with Crippen molar-refractivity contribution in [3.8, 4) is 0 Å². The van der Waals surface area contributed by atoms with Crippen LogP contribution in [0.15, 0.2) is 4.52 Å². The molecule has 15 heavy (non-hydrogen) atoms. The Morgan fingerprint density at radius 2 is 2.00 bits per heavy atom. The van der Waals surface area contributed by atoms with Crippen LogP contribution in [0.3, 0.4) is 0 Å². The standard InChI is InChI=1S/C9H16N2O3S/c1-6(2)15(12,13)10-5-9-7(3)11-14-8(9)4/h6,10H,5H2,1-4H3. The van der Waals surface area contributed by atoms with Crippen LogP contribution in [0, 0.1) is 13.8 Å². The summed E-state index contributed by atoms with van der Waals surface area (Å²) in [6.45, 7) is 7.06. The van der Waals surface area contributed by atoms with E-state index in [-0.39, 0.29) is 6.54 Å². The Hall–Kier alpha value is -0.880. The number of rotatable bonds is 4. The Kier molecular flexibility index (Phi) is 3.51. The molecule has 5 nitrogen and oxygen atoms in total. The predicted octanol–water partition coefficient (Wildman–Crippen LogP) is 1.12. The molecule has 0 bridgehead atoms. The van der Waals surface area contributed by atoms with Gasteiger partial charge < -0.3 is 4.52 Å². The first kappa shape index (κ1) is 12.2. The van der Waals surface area contributed by atoms with Crippen LogP contribution in [0.1, 0.15) is 30.9 Å². The summed E-state index contributed by atoms with van der Waals surface area (Å²) in [5.74, 6) is 0.652. The molecule has 0 atom stereocenters. The maximum atomic E-state index is 11.5. The van der Waals surface area contributed by atoms with Gasteiger partial charge in [0.25, 0.3) is 0 Å². The molecule has 1 aromatic heterocycles. The minimum atomic E-state index is -3.23. The molecule has 0 amide bonds. The minimum absolute atomic E-state index is 0.238. The van der Waals surface area contributed by atoms with E-state index in [0.717, 1.165) is 11.3 Å². The minimum Gasteiger partial charge on any atom is -0.361 e. The number of aromatic nitrogens is 1. The maximum absolute atomic E-state index is 11.5. The highest BCUT2D eigenvalue weighted by atomic mass is 32.2. The van der Waals surface area contributed by atoms with Crippen LogP contribution < -0.4 is 4.72 Å². The fraction of sp³-hybridized carbons (Fsp3) is 0.667. The van der Waals surface area contributed by atoms with Crippen LogP contribution in [0.25, 0.3) is 0 Å². The van der Waals surface area contributed by atoms with E-state index >= 15 is 0 Å². The van der Waals surface area contributed by atoms with Gasteiger partial charge in [-0.25, -0.2) is 13.1 Å². The molecule has 0 aliphatic carbocycles. The van der Waals surface area contributed by atoms with Crippen LogP contribution in [-0.4, -0.2) is 18.8 Å². The van der Waals surface area contributed by atoms with E-state index in [9.17, 15) is 8.42 Å². The molecule has 0 fully saturated rings. The van der Waals surface area contributed by atoms with Crippen molar-refractivity contribution in [3.05, 3.63) is 17.0 Å². The highest BCUT2D eigenvalue weighted by molar-refractivity contribution is 7.90.